The highest BCUT2D eigenvalue weighted by Crippen LogP contribution is 2.35. The number of benzene rings is 6. The Morgan fingerprint density at radius 1 is 0.378 bits per heavy atom. The maximum atomic E-state index is 5.23. The number of rotatable bonds is 5. The second kappa shape index (κ2) is 10.5. The molecule has 0 amide bonds. The molecule has 0 aliphatic carbocycles. The van der Waals surface area contributed by atoms with Gasteiger partial charge in [-0.25, -0.2) is 0 Å². The number of hydrogen-bond acceptors (Lipinski definition) is 4. The van der Waals surface area contributed by atoms with Crippen molar-refractivity contribution in [3.05, 3.63) is 152 Å². The van der Waals surface area contributed by atoms with Crippen LogP contribution < -0.4 is 0 Å². The normalized spacial score (nSPS) is 11.6. The second-order valence-electron chi connectivity index (χ2n) is 10.9. The average Bonchev–Trinajstić information content (AvgIpc) is 3.62. The van der Waals surface area contributed by atoms with Crippen LogP contribution in [0.3, 0.4) is 0 Å². The first-order chi connectivity index (χ1) is 22.3. The zero-order valence-corrected chi connectivity index (χ0v) is 24.9. The lowest BCUT2D eigenvalue weighted by Crippen LogP contribution is -2.10. The van der Waals surface area contributed by atoms with Gasteiger partial charge in [-0.05, 0) is 48.5 Å². The van der Waals surface area contributed by atoms with Gasteiger partial charge in [0.05, 0.1) is 22.1 Å². The summed E-state index contributed by atoms with van der Waals surface area (Å²) >= 11 is 1.73. The highest BCUT2D eigenvalue weighted by atomic mass is 32.2. The fourth-order valence-electron chi connectivity index (χ4n) is 6.28. The lowest BCUT2D eigenvalue weighted by molar-refractivity contribution is 0.892. The molecule has 3 heterocycles. The lowest BCUT2D eigenvalue weighted by atomic mass is 10.2. The van der Waals surface area contributed by atoms with Gasteiger partial charge in [0.25, 0.3) is 0 Å². The molecule has 212 valence electrons. The Kier molecular flexibility index (Phi) is 5.99. The Labute approximate surface area is 263 Å². The highest BCUT2D eigenvalue weighted by molar-refractivity contribution is 7.99. The van der Waals surface area contributed by atoms with Crippen LogP contribution in [0.1, 0.15) is 0 Å². The minimum atomic E-state index is 0.579. The van der Waals surface area contributed by atoms with E-state index in [2.05, 4.69) is 155 Å². The molecule has 0 aliphatic rings. The molecule has 0 unspecified atom stereocenters. The quantitative estimate of drug-likeness (QED) is 0.199. The van der Waals surface area contributed by atoms with E-state index in [1.807, 2.05) is 6.07 Å². The van der Waals surface area contributed by atoms with Gasteiger partial charge >= 0.3 is 0 Å². The van der Waals surface area contributed by atoms with Gasteiger partial charge in [-0.1, -0.05) is 115 Å². The van der Waals surface area contributed by atoms with Gasteiger partial charge < -0.3 is 0 Å². The van der Waals surface area contributed by atoms with Gasteiger partial charge in [-0.2, -0.15) is 15.0 Å². The molecule has 0 bridgehead atoms. The summed E-state index contributed by atoms with van der Waals surface area (Å²) in [5, 5.41) is 4.65. The number of nitrogens with zero attached hydrogens (tertiary/aromatic N) is 5. The summed E-state index contributed by atoms with van der Waals surface area (Å²) in [6.45, 7) is 0. The van der Waals surface area contributed by atoms with E-state index in [0.29, 0.717) is 17.7 Å². The topological polar surface area (TPSA) is 48.5 Å². The van der Waals surface area contributed by atoms with Crippen molar-refractivity contribution >= 4 is 55.4 Å². The molecule has 0 fully saturated rings. The molecule has 45 heavy (non-hydrogen) atoms. The summed E-state index contributed by atoms with van der Waals surface area (Å²) < 4.78 is 4.32. The van der Waals surface area contributed by atoms with Gasteiger partial charge in [0.2, 0.25) is 11.9 Å². The summed E-state index contributed by atoms with van der Waals surface area (Å²) in [6, 6.07) is 52.6. The van der Waals surface area contributed by atoms with Crippen LogP contribution in [0.25, 0.3) is 66.9 Å². The summed E-state index contributed by atoms with van der Waals surface area (Å²) in [5.41, 5.74) is 5.15. The van der Waals surface area contributed by atoms with Crippen molar-refractivity contribution in [2.75, 3.05) is 0 Å². The lowest BCUT2D eigenvalue weighted by Gasteiger charge is -2.13. The summed E-state index contributed by atoms with van der Waals surface area (Å²) in [4.78, 5) is 17.9. The van der Waals surface area contributed by atoms with Crippen molar-refractivity contribution < 1.29 is 0 Å². The van der Waals surface area contributed by atoms with E-state index in [1.165, 1.54) is 4.90 Å². The molecule has 9 rings (SSSR count). The van der Waals surface area contributed by atoms with Crippen LogP contribution in [0.15, 0.2) is 161 Å². The minimum absolute atomic E-state index is 0.579. The molecule has 0 saturated carbocycles. The van der Waals surface area contributed by atoms with Crippen LogP contribution in [-0.2, 0) is 0 Å². The van der Waals surface area contributed by atoms with Crippen LogP contribution in [0.2, 0.25) is 0 Å². The molecule has 0 atom stereocenters. The number of aromatic nitrogens is 5. The smallest absolute Gasteiger partial charge is 0.240 e. The van der Waals surface area contributed by atoms with E-state index in [4.69, 9.17) is 15.0 Å². The van der Waals surface area contributed by atoms with Gasteiger partial charge in [0.15, 0.2) is 5.82 Å². The molecule has 6 aromatic carbocycles. The molecule has 0 N–H and O–H groups in total. The summed E-state index contributed by atoms with van der Waals surface area (Å²) in [5.74, 6) is 1.78. The zero-order chi connectivity index (χ0) is 29.7. The predicted molar refractivity (Wildman–Crippen MR) is 185 cm³/mol. The van der Waals surface area contributed by atoms with Gasteiger partial charge in [0.1, 0.15) is 0 Å². The molecular formula is C39H25N5S. The third kappa shape index (κ3) is 4.30. The fourth-order valence-corrected chi connectivity index (χ4v) is 7.18. The number of fused-ring (bicyclic) bond motifs is 6. The molecule has 5 nitrogen and oxygen atoms in total. The third-order valence-corrected chi connectivity index (χ3v) is 9.24. The molecule has 0 radical (unpaired) electrons. The molecule has 0 aliphatic heterocycles. The molecular weight excluding hydrogens is 571 g/mol. The van der Waals surface area contributed by atoms with Crippen molar-refractivity contribution in [1.29, 1.82) is 0 Å². The van der Waals surface area contributed by atoms with E-state index in [0.717, 1.165) is 54.1 Å². The Hall–Kier alpha value is -5.72. The summed E-state index contributed by atoms with van der Waals surface area (Å²) in [7, 11) is 0. The maximum absolute atomic E-state index is 5.23. The minimum Gasteiger partial charge on any atom is -0.278 e. The molecule has 9 aromatic rings. The van der Waals surface area contributed by atoms with Crippen LogP contribution in [0.5, 0.6) is 0 Å². The van der Waals surface area contributed by atoms with E-state index >= 15 is 0 Å². The predicted octanol–water partition coefficient (Wildman–Crippen LogP) is 9.88. The van der Waals surface area contributed by atoms with E-state index in [-0.39, 0.29) is 0 Å². The van der Waals surface area contributed by atoms with Crippen molar-refractivity contribution in [3.8, 4) is 23.3 Å². The Balaban J connectivity index is 1.33. The molecule has 0 saturated heterocycles. The SMILES string of the molecule is c1ccc(Sc2cccc(-c3nc(-n4c5ccccc5c5ccccc54)nc(-n4c5ccccc5c5ccccc54)n3)c2)cc1. The van der Waals surface area contributed by atoms with Crippen LogP contribution in [0.4, 0.5) is 0 Å². The first kappa shape index (κ1) is 25.7. The van der Waals surface area contributed by atoms with Crippen molar-refractivity contribution in [1.82, 2.24) is 24.1 Å². The Morgan fingerprint density at radius 2 is 0.800 bits per heavy atom. The summed E-state index contributed by atoms with van der Waals surface area (Å²) in [6.07, 6.45) is 0. The van der Waals surface area contributed by atoms with Gasteiger partial charge in [-0.3, -0.25) is 9.13 Å². The molecule has 0 spiro atoms. The second-order valence-corrected chi connectivity index (χ2v) is 12.1. The first-order valence-electron chi connectivity index (χ1n) is 14.9. The highest BCUT2D eigenvalue weighted by Gasteiger charge is 2.20. The third-order valence-electron chi connectivity index (χ3n) is 8.24. The Bertz CT molecular complexity index is 2290. The van der Waals surface area contributed by atoms with E-state index in [9.17, 15) is 0 Å². The largest absolute Gasteiger partial charge is 0.278 e. The fraction of sp³-hybridized carbons (Fsp3) is 0. The molecule has 3 aromatic heterocycles. The van der Waals surface area contributed by atoms with E-state index in [1.54, 1.807) is 11.8 Å². The average molecular weight is 596 g/mol. The zero-order valence-electron chi connectivity index (χ0n) is 24.1. The van der Waals surface area contributed by atoms with Gasteiger partial charge in [0, 0.05) is 36.9 Å². The van der Waals surface area contributed by atoms with Crippen LogP contribution in [-0.4, -0.2) is 24.1 Å². The van der Waals surface area contributed by atoms with E-state index < -0.39 is 0 Å². The van der Waals surface area contributed by atoms with Crippen LogP contribution >= 0.6 is 11.8 Å². The number of hydrogen-bond donors (Lipinski definition) is 0. The molecule has 6 heteroatoms. The van der Waals surface area contributed by atoms with Crippen molar-refractivity contribution in [3.63, 3.8) is 0 Å². The van der Waals surface area contributed by atoms with Crippen molar-refractivity contribution in [2.45, 2.75) is 9.79 Å². The van der Waals surface area contributed by atoms with Gasteiger partial charge in [-0.15, -0.1) is 0 Å². The first-order valence-corrected chi connectivity index (χ1v) is 15.7. The maximum Gasteiger partial charge on any atom is 0.240 e. The van der Waals surface area contributed by atoms with Crippen LogP contribution in [0, 0.1) is 0 Å². The number of para-hydroxylation sites is 4. The standard InChI is InChI=1S/C39H25N5S/c1-2-14-27(15-3-1)45-28-16-12-13-26(25-28)37-40-38(43-33-21-8-4-17-29(33)30-18-5-9-22-34(30)43)42-39(41-37)44-35-23-10-6-19-31(35)32-20-7-11-24-36(32)44/h1-25H. The van der Waals surface area contributed by atoms with Crippen molar-refractivity contribution in [2.24, 2.45) is 0 Å². The Morgan fingerprint density at radius 3 is 1.29 bits per heavy atom. The monoisotopic (exact) mass is 595 g/mol.